The van der Waals surface area contributed by atoms with Crippen LogP contribution in [0.2, 0.25) is 5.02 Å². The van der Waals surface area contributed by atoms with Crippen LogP contribution in [0.4, 0.5) is 10.6 Å². The van der Waals surface area contributed by atoms with Gasteiger partial charge >= 0.3 is 6.09 Å². The van der Waals surface area contributed by atoms with Crippen molar-refractivity contribution in [1.82, 2.24) is 25.6 Å². The summed E-state index contributed by atoms with van der Waals surface area (Å²) in [5, 5.41) is 5.91. The SMILES string of the molecule is CNCCNC(=O)O[C@H]1c2nccnc2C(=O)N1c1ccc(Cl)cn1. The van der Waals surface area contributed by atoms with Crippen LogP contribution >= 0.6 is 11.6 Å². The van der Waals surface area contributed by atoms with Crippen molar-refractivity contribution in [3.8, 4) is 0 Å². The summed E-state index contributed by atoms with van der Waals surface area (Å²) in [4.78, 5) is 38.2. The van der Waals surface area contributed by atoms with Gasteiger partial charge in [-0.3, -0.25) is 9.78 Å². The molecule has 10 heteroatoms. The predicted octanol–water partition coefficient (Wildman–Crippen LogP) is 1.13. The molecule has 0 spiro atoms. The topological polar surface area (TPSA) is 109 Å². The number of hydrogen-bond acceptors (Lipinski definition) is 7. The summed E-state index contributed by atoms with van der Waals surface area (Å²) in [5.74, 6) is -0.173. The van der Waals surface area contributed by atoms with E-state index < -0.39 is 18.2 Å². The fraction of sp³-hybridized carbons (Fsp3) is 0.267. The average Bonchev–Trinajstić information content (AvgIpc) is 2.89. The van der Waals surface area contributed by atoms with Crippen LogP contribution in [0, 0.1) is 0 Å². The first-order valence-electron chi connectivity index (χ1n) is 7.47. The van der Waals surface area contributed by atoms with Crippen molar-refractivity contribution in [2.45, 2.75) is 6.23 Å². The molecule has 2 aromatic heterocycles. The maximum absolute atomic E-state index is 12.7. The molecule has 130 valence electrons. The van der Waals surface area contributed by atoms with Gasteiger partial charge in [-0.05, 0) is 19.2 Å². The van der Waals surface area contributed by atoms with Crippen LogP contribution in [0.25, 0.3) is 0 Å². The lowest BCUT2D eigenvalue weighted by molar-refractivity contribution is 0.0822. The van der Waals surface area contributed by atoms with Gasteiger partial charge in [0.1, 0.15) is 11.5 Å². The molecule has 2 N–H and O–H groups in total. The van der Waals surface area contributed by atoms with Crippen LogP contribution < -0.4 is 15.5 Å². The van der Waals surface area contributed by atoms with E-state index in [1.54, 1.807) is 19.2 Å². The number of likely N-dealkylation sites (N-methyl/N-ethyl adjacent to an activating group) is 1. The summed E-state index contributed by atoms with van der Waals surface area (Å²) in [7, 11) is 1.77. The largest absolute Gasteiger partial charge is 0.419 e. The molecule has 0 unspecified atom stereocenters. The molecule has 2 amide bonds. The second-order valence-electron chi connectivity index (χ2n) is 5.09. The quantitative estimate of drug-likeness (QED) is 0.767. The summed E-state index contributed by atoms with van der Waals surface area (Å²) in [6, 6.07) is 3.15. The molecule has 1 aliphatic rings. The Balaban J connectivity index is 1.88. The highest BCUT2D eigenvalue weighted by atomic mass is 35.5. The normalized spacial score (nSPS) is 15.8. The number of aromatic nitrogens is 3. The highest BCUT2D eigenvalue weighted by Gasteiger charge is 2.43. The number of rotatable bonds is 5. The molecule has 1 atom stereocenters. The van der Waals surface area contributed by atoms with Gasteiger partial charge in [-0.2, -0.15) is 0 Å². The Bertz CT molecular complexity index is 785. The van der Waals surface area contributed by atoms with E-state index in [1.807, 2.05) is 0 Å². The minimum absolute atomic E-state index is 0.118. The average molecular weight is 363 g/mol. The van der Waals surface area contributed by atoms with Gasteiger partial charge in [-0.15, -0.1) is 0 Å². The van der Waals surface area contributed by atoms with E-state index >= 15 is 0 Å². The number of nitrogens with one attached hydrogen (secondary N) is 2. The Morgan fingerprint density at radius 2 is 2.08 bits per heavy atom. The summed E-state index contributed by atoms with van der Waals surface area (Å²) < 4.78 is 5.40. The number of fused-ring (bicyclic) bond motifs is 1. The van der Waals surface area contributed by atoms with Gasteiger partial charge < -0.3 is 15.4 Å². The molecule has 0 radical (unpaired) electrons. The molecule has 0 saturated carbocycles. The Kier molecular flexibility index (Phi) is 5.05. The lowest BCUT2D eigenvalue weighted by atomic mass is 10.3. The Morgan fingerprint density at radius 1 is 1.28 bits per heavy atom. The van der Waals surface area contributed by atoms with Crippen LogP contribution in [0.1, 0.15) is 22.4 Å². The maximum Gasteiger partial charge on any atom is 0.409 e. The zero-order valence-electron chi connectivity index (χ0n) is 13.3. The molecule has 1 aliphatic heterocycles. The first-order valence-corrected chi connectivity index (χ1v) is 7.84. The number of halogens is 1. The molecule has 3 heterocycles. The van der Waals surface area contributed by atoms with E-state index in [0.29, 0.717) is 18.1 Å². The van der Waals surface area contributed by atoms with Crippen molar-refractivity contribution >= 4 is 29.4 Å². The smallest absolute Gasteiger partial charge is 0.409 e. The molecule has 25 heavy (non-hydrogen) atoms. The van der Waals surface area contributed by atoms with Crippen molar-refractivity contribution in [3.05, 3.63) is 47.1 Å². The zero-order valence-corrected chi connectivity index (χ0v) is 14.0. The van der Waals surface area contributed by atoms with E-state index in [2.05, 4.69) is 25.6 Å². The first-order chi connectivity index (χ1) is 12.1. The minimum atomic E-state index is -1.06. The monoisotopic (exact) mass is 362 g/mol. The van der Waals surface area contributed by atoms with Gasteiger partial charge in [0.15, 0.2) is 5.69 Å². The van der Waals surface area contributed by atoms with Crippen LogP contribution in [0.5, 0.6) is 0 Å². The van der Waals surface area contributed by atoms with Gasteiger partial charge in [-0.1, -0.05) is 11.6 Å². The molecule has 0 aromatic carbocycles. The Morgan fingerprint density at radius 3 is 2.80 bits per heavy atom. The first kappa shape index (κ1) is 17.1. The van der Waals surface area contributed by atoms with Crippen molar-refractivity contribution < 1.29 is 14.3 Å². The van der Waals surface area contributed by atoms with Crippen LogP contribution in [0.15, 0.2) is 30.7 Å². The van der Waals surface area contributed by atoms with Gasteiger partial charge in [0.25, 0.3) is 5.91 Å². The molecular formula is C15H15ClN6O3. The number of nitrogens with zero attached hydrogens (tertiary/aromatic N) is 4. The minimum Gasteiger partial charge on any atom is -0.419 e. The fourth-order valence-corrected chi connectivity index (χ4v) is 2.42. The number of carbonyl (C=O) groups is 2. The van der Waals surface area contributed by atoms with Gasteiger partial charge in [0, 0.05) is 31.7 Å². The number of hydrogen-bond donors (Lipinski definition) is 2. The summed E-state index contributed by atoms with van der Waals surface area (Å²) in [5.41, 5.74) is 0.375. The number of ether oxygens (including phenoxy) is 1. The third-order valence-corrected chi connectivity index (χ3v) is 3.66. The molecular weight excluding hydrogens is 348 g/mol. The van der Waals surface area contributed by atoms with Crippen LogP contribution in [-0.2, 0) is 4.74 Å². The van der Waals surface area contributed by atoms with Crippen LogP contribution in [-0.4, -0.2) is 47.1 Å². The molecule has 2 aromatic rings. The van der Waals surface area contributed by atoms with Crippen LogP contribution in [0.3, 0.4) is 0 Å². The van der Waals surface area contributed by atoms with Crippen molar-refractivity contribution in [2.24, 2.45) is 0 Å². The van der Waals surface area contributed by atoms with Gasteiger partial charge in [-0.25, -0.2) is 19.7 Å². The lowest BCUT2D eigenvalue weighted by Crippen LogP contribution is -2.36. The summed E-state index contributed by atoms with van der Waals surface area (Å²) in [6.45, 7) is 0.958. The third kappa shape index (κ3) is 3.52. The van der Waals surface area contributed by atoms with Crippen molar-refractivity contribution in [1.29, 1.82) is 0 Å². The third-order valence-electron chi connectivity index (χ3n) is 3.44. The fourth-order valence-electron chi connectivity index (χ4n) is 2.31. The number of pyridine rings is 1. The Hall–Kier alpha value is -2.78. The Labute approximate surface area is 148 Å². The molecule has 9 nitrogen and oxygen atoms in total. The second kappa shape index (κ2) is 7.41. The number of alkyl carbamates (subject to hydrolysis) is 1. The van der Waals surface area contributed by atoms with E-state index in [-0.39, 0.29) is 17.2 Å². The number of anilines is 1. The lowest BCUT2D eigenvalue weighted by Gasteiger charge is -2.23. The maximum atomic E-state index is 12.7. The summed E-state index contributed by atoms with van der Waals surface area (Å²) in [6.07, 6.45) is 2.50. The van der Waals surface area contributed by atoms with E-state index in [1.165, 1.54) is 23.5 Å². The van der Waals surface area contributed by atoms with E-state index in [4.69, 9.17) is 16.3 Å². The van der Waals surface area contributed by atoms with Crippen molar-refractivity contribution in [3.63, 3.8) is 0 Å². The standard InChI is InChI=1S/C15H15ClN6O3/c1-17-4-5-20-15(24)25-14-12-11(18-6-7-19-12)13(23)22(14)10-3-2-9(16)8-21-10/h2-3,6-8,14,17H,4-5H2,1H3,(H,20,24)/t14-/m0/s1. The highest BCUT2D eigenvalue weighted by Crippen LogP contribution is 2.35. The summed E-state index contributed by atoms with van der Waals surface area (Å²) >= 11 is 5.84. The second-order valence-corrected chi connectivity index (χ2v) is 5.52. The van der Waals surface area contributed by atoms with Crippen molar-refractivity contribution in [2.75, 3.05) is 25.0 Å². The molecule has 3 rings (SSSR count). The zero-order chi connectivity index (χ0) is 17.8. The van der Waals surface area contributed by atoms with E-state index in [9.17, 15) is 9.59 Å². The molecule has 0 aliphatic carbocycles. The number of amides is 2. The van der Waals surface area contributed by atoms with Gasteiger partial charge in [0.2, 0.25) is 6.23 Å². The molecule has 0 fully saturated rings. The molecule has 0 saturated heterocycles. The van der Waals surface area contributed by atoms with E-state index in [0.717, 1.165) is 0 Å². The number of carbonyl (C=O) groups excluding carboxylic acids is 2. The highest BCUT2D eigenvalue weighted by molar-refractivity contribution is 6.30. The molecule has 0 bridgehead atoms. The van der Waals surface area contributed by atoms with Gasteiger partial charge in [0.05, 0.1) is 5.02 Å². The predicted molar refractivity (Wildman–Crippen MR) is 89.2 cm³/mol.